The predicted molar refractivity (Wildman–Crippen MR) is 72.4 cm³/mol. The van der Waals surface area contributed by atoms with Crippen LogP contribution < -0.4 is 10.6 Å². The van der Waals surface area contributed by atoms with Gasteiger partial charge in [0.25, 0.3) is 0 Å². The number of rotatable bonds is 3. The van der Waals surface area contributed by atoms with E-state index >= 15 is 0 Å². The fourth-order valence-electron chi connectivity index (χ4n) is 2.46. The molecule has 4 nitrogen and oxygen atoms in total. The smallest absolute Gasteiger partial charge is 0.0992 e. The molecule has 0 aromatic heterocycles. The number of hydrogen-bond donors (Lipinski definition) is 1. The molecule has 0 aliphatic carbocycles. The molecule has 18 heavy (non-hydrogen) atoms. The van der Waals surface area contributed by atoms with E-state index in [0.717, 1.165) is 43.9 Å². The zero-order valence-electron chi connectivity index (χ0n) is 10.7. The summed E-state index contributed by atoms with van der Waals surface area (Å²) < 4.78 is 5.20. The van der Waals surface area contributed by atoms with E-state index in [1.165, 1.54) is 0 Å². The molecule has 2 N–H and O–H groups in total. The number of hydrogen-bond acceptors (Lipinski definition) is 4. The van der Waals surface area contributed by atoms with Crippen LogP contribution in [0.5, 0.6) is 0 Å². The second-order valence-corrected chi connectivity index (χ2v) is 4.77. The van der Waals surface area contributed by atoms with Gasteiger partial charge < -0.3 is 15.4 Å². The van der Waals surface area contributed by atoms with E-state index in [4.69, 9.17) is 15.7 Å². The summed E-state index contributed by atoms with van der Waals surface area (Å²) in [7, 11) is 1.75. The molecule has 1 aromatic rings. The zero-order valence-corrected chi connectivity index (χ0v) is 10.7. The summed E-state index contributed by atoms with van der Waals surface area (Å²) in [5, 5.41) is 8.94. The molecule has 1 saturated heterocycles. The molecule has 0 saturated carbocycles. The quantitative estimate of drug-likeness (QED) is 0.827. The van der Waals surface area contributed by atoms with Crippen molar-refractivity contribution in [1.29, 1.82) is 5.26 Å². The van der Waals surface area contributed by atoms with Crippen molar-refractivity contribution < 1.29 is 4.74 Å². The summed E-state index contributed by atoms with van der Waals surface area (Å²) in [4.78, 5) is 2.27. The van der Waals surface area contributed by atoms with Gasteiger partial charge in [0.15, 0.2) is 0 Å². The Labute approximate surface area is 108 Å². The molecule has 1 aliphatic heterocycles. The van der Waals surface area contributed by atoms with Crippen LogP contribution in [0, 0.1) is 17.2 Å². The van der Waals surface area contributed by atoms with Gasteiger partial charge >= 0.3 is 0 Å². The summed E-state index contributed by atoms with van der Waals surface area (Å²) in [6.07, 6.45) is 2.23. The van der Waals surface area contributed by atoms with Crippen molar-refractivity contribution >= 4 is 11.4 Å². The van der Waals surface area contributed by atoms with Crippen LogP contribution in [0.2, 0.25) is 0 Å². The van der Waals surface area contributed by atoms with Crippen molar-refractivity contribution in [3.8, 4) is 6.07 Å². The molecule has 4 heteroatoms. The van der Waals surface area contributed by atoms with Crippen LogP contribution in [-0.4, -0.2) is 26.8 Å². The van der Waals surface area contributed by atoms with Gasteiger partial charge in [0.1, 0.15) is 0 Å². The summed E-state index contributed by atoms with van der Waals surface area (Å²) in [5.74, 6) is 0.645. The number of anilines is 2. The van der Waals surface area contributed by atoms with Gasteiger partial charge in [0.05, 0.1) is 23.0 Å². The first-order chi connectivity index (χ1) is 8.74. The Bertz CT molecular complexity index is 445. The maximum atomic E-state index is 8.94. The Morgan fingerprint density at radius 2 is 2.17 bits per heavy atom. The molecule has 0 amide bonds. The molecule has 1 heterocycles. The zero-order chi connectivity index (χ0) is 13.0. The third-order valence-electron chi connectivity index (χ3n) is 3.52. The summed E-state index contributed by atoms with van der Waals surface area (Å²) in [6, 6.07) is 7.62. The lowest BCUT2D eigenvalue weighted by atomic mass is 9.97. The van der Waals surface area contributed by atoms with Crippen LogP contribution in [0.3, 0.4) is 0 Å². The molecule has 96 valence electrons. The van der Waals surface area contributed by atoms with Crippen molar-refractivity contribution in [1.82, 2.24) is 0 Å². The second kappa shape index (κ2) is 5.74. The molecule has 0 unspecified atom stereocenters. The van der Waals surface area contributed by atoms with Crippen molar-refractivity contribution in [2.24, 2.45) is 5.92 Å². The van der Waals surface area contributed by atoms with Crippen LogP contribution in [0.4, 0.5) is 11.4 Å². The minimum atomic E-state index is 0.645. The van der Waals surface area contributed by atoms with Gasteiger partial charge in [-0.05, 0) is 37.0 Å². The monoisotopic (exact) mass is 245 g/mol. The number of methoxy groups -OCH3 is 1. The van der Waals surface area contributed by atoms with Crippen molar-refractivity contribution in [3.05, 3.63) is 23.8 Å². The molecule has 0 spiro atoms. The van der Waals surface area contributed by atoms with Crippen LogP contribution in [0.1, 0.15) is 18.4 Å². The van der Waals surface area contributed by atoms with Crippen LogP contribution in [-0.2, 0) is 4.74 Å². The van der Waals surface area contributed by atoms with E-state index in [2.05, 4.69) is 11.0 Å². The first-order valence-electron chi connectivity index (χ1n) is 6.28. The summed E-state index contributed by atoms with van der Waals surface area (Å²) in [5.41, 5.74) is 8.40. The number of piperidine rings is 1. The average Bonchev–Trinajstić information content (AvgIpc) is 2.41. The van der Waals surface area contributed by atoms with E-state index < -0.39 is 0 Å². The molecule has 1 aromatic carbocycles. The maximum absolute atomic E-state index is 8.94. The Kier molecular flexibility index (Phi) is 4.06. The standard InChI is InChI=1S/C14H19N3O/c1-18-10-11-4-6-17(7-5-11)14-8-12(9-15)2-3-13(14)16/h2-3,8,11H,4-7,10,16H2,1H3. The second-order valence-electron chi connectivity index (χ2n) is 4.77. The number of nitrogens with zero attached hydrogens (tertiary/aromatic N) is 2. The normalized spacial score (nSPS) is 16.6. The number of nitrogens with two attached hydrogens (primary N) is 1. The SMILES string of the molecule is COCC1CCN(c2cc(C#N)ccc2N)CC1. The average molecular weight is 245 g/mol. The Hall–Kier alpha value is -1.73. The van der Waals surface area contributed by atoms with Gasteiger partial charge in [-0.1, -0.05) is 0 Å². The number of nitriles is 1. The van der Waals surface area contributed by atoms with Gasteiger partial charge in [-0.25, -0.2) is 0 Å². The summed E-state index contributed by atoms with van der Waals surface area (Å²) in [6.45, 7) is 2.79. The van der Waals surface area contributed by atoms with Crippen LogP contribution >= 0.6 is 0 Å². The minimum absolute atomic E-state index is 0.645. The van der Waals surface area contributed by atoms with E-state index in [1.54, 1.807) is 13.2 Å². The first kappa shape index (κ1) is 12.7. The largest absolute Gasteiger partial charge is 0.397 e. The third kappa shape index (κ3) is 2.74. The van der Waals surface area contributed by atoms with E-state index in [1.807, 2.05) is 12.1 Å². The lowest BCUT2D eigenvalue weighted by Crippen LogP contribution is -2.35. The molecule has 0 radical (unpaired) electrons. The highest BCUT2D eigenvalue weighted by Crippen LogP contribution is 2.29. The molecule has 2 rings (SSSR count). The highest BCUT2D eigenvalue weighted by molar-refractivity contribution is 5.69. The van der Waals surface area contributed by atoms with Crippen molar-refractivity contribution in [2.45, 2.75) is 12.8 Å². The fourth-order valence-corrected chi connectivity index (χ4v) is 2.46. The lowest BCUT2D eigenvalue weighted by molar-refractivity contribution is 0.139. The maximum Gasteiger partial charge on any atom is 0.0992 e. The molecular formula is C14H19N3O. The molecule has 1 aliphatic rings. The number of benzene rings is 1. The molecule has 1 fully saturated rings. The topological polar surface area (TPSA) is 62.3 Å². The van der Waals surface area contributed by atoms with Gasteiger partial charge in [-0.2, -0.15) is 5.26 Å². The fraction of sp³-hybridized carbons (Fsp3) is 0.500. The van der Waals surface area contributed by atoms with E-state index in [-0.39, 0.29) is 0 Å². The van der Waals surface area contributed by atoms with Gasteiger partial charge in [0, 0.05) is 26.8 Å². The van der Waals surface area contributed by atoms with E-state index in [9.17, 15) is 0 Å². The molecule has 0 bridgehead atoms. The summed E-state index contributed by atoms with van der Waals surface area (Å²) >= 11 is 0. The van der Waals surface area contributed by atoms with Gasteiger partial charge in [-0.15, -0.1) is 0 Å². The van der Waals surface area contributed by atoms with Gasteiger partial charge in [0.2, 0.25) is 0 Å². The lowest BCUT2D eigenvalue weighted by Gasteiger charge is -2.34. The predicted octanol–water partition coefficient (Wildman–Crippen LogP) is 2.00. The number of nitrogen functional groups attached to an aromatic ring is 1. The third-order valence-corrected chi connectivity index (χ3v) is 3.52. The van der Waals surface area contributed by atoms with E-state index in [0.29, 0.717) is 11.5 Å². The van der Waals surface area contributed by atoms with Crippen LogP contribution in [0.15, 0.2) is 18.2 Å². The Balaban J connectivity index is 2.07. The molecular weight excluding hydrogens is 226 g/mol. The highest BCUT2D eigenvalue weighted by atomic mass is 16.5. The van der Waals surface area contributed by atoms with Gasteiger partial charge in [-0.3, -0.25) is 0 Å². The molecule has 0 atom stereocenters. The highest BCUT2D eigenvalue weighted by Gasteiger charge is 2.20. The first-order valence-corrected chi connectivity index (χ1v) is 6.28. The van der Waals surface area contributed by atoms with Crippen molar-refractivity contribution in [3.63, 3.8) is 0 Å². The van der Waals surface area contributed by atoms with Crippen LogP contribution in [0.25, 0.3) is 0 Å². The minimum Gasteiger partial charge on any atom is -0.397 e. The Morgan fingerprint density at radius 1 is 1.44 bits per heavy atom. The Morgan fingerprint density at radius 3 is 2.78 bits per heavy atom. The number of ether oxygens (including phenoxy) is 1. The van der Waals surface area contributed by atoms with Crippen molar-refractivity contribution in [2.75, 3.05) is 37.4 Å².